The number of carbonyl (C=O) groups is 1. The fourth-order valence-electron chi connectivity index (χ4n) is 2.61. The van der Waals surface area contributed by atoms with Crippen LogP contribution in [0.3, 0.4) is 0 Å². The van der Waals surface area contributed by atoms with E-state index in [1.54, 1.807) is 6.07 Å². The smallest absolute Gasteiger partial charge is 0.250 e. The Balaban J connectivity index is 2.31. The molecule has 0 spiro atoms. The minimum absolute atomic E-state index is 0.0306. The highest BCUT2D eigenvalue weighted by molar-refractivity contribution is 5.99. The fraction of sp³-hybridized carbons (Fsp3) is 0.533. The van der Waals surface area contributed by atoms with Crippen LogP contribution in [0, 0.1) is 0 Å². The maximum Gasteiger partial charge on any atom is 0.250 e. The van der Waals surface area contributed by atoms with Gasteiger partial charge in [-0.2, -0.15) is 0 Å². The van der Waals surface area contributed by atoms with Gasteiger partial charge in [0.25, 0.3) is 5.91 Å². The SMILES string of the molecule is NC(=O)c1cc(N(CCO)CCO)ccc1N1CCOCC1. The normalized spacial score (nSPS) is 14.9. The van der Waals surface area contributed by atoms with E-state index in [4.69, 9.17) is 20.7 Å². The number of morpholine rings is 1. The predicted octanol–water partition coefficient (Wildman–Crippen LogP) is -0.587. The Morgan fingerprint density at radius 3 is 2.41 bits per heavy atom. The molecule has 0 atom stereocenters. The number of aliphatic hydroxyl groups is 2. The number of carbonyl (C=O) groups excluding carboxylic acids is 1. The quantitative estimate of drug-likeness (QED) is 0.623. The Labute approximate surface area is 129 Å². The second kappa shape index (κ2) is 7.98. The molecule has 0 aliphatic carbocycles. The van der Waals surface area contributed by atoms with Crippen LogP contribution in [0.4, 0.5) is 11.4 Å². The standard InChI is InChI=1S/C15H23N3O4/c16-15(21)13-11-12(17(3-7-19)4-8-20)1-2-14(13)18-5-9-22-10-6-18/h1-2,11,19-20H,3-10H2,(H2,16,21). The van der Waals surface area contributed by atoms with Gasteiger partial charge < -0.3 is 30.5 Å². The van der Waals surface area contributed by atoms with Crippen molar-refractivity contribution in [2.24, 2.45) is 5.73 Å². The zero-order chi connectivity index (χ0) is 15.9. The lowest BCUT2D eigenvalue weighted by molar-refractivity contribution is 0.0998. The molecule has 0 saturated carbocycles. The predicted molar refractivity (Wildman–Crippen MR) is 84.4 cm³/mol. The molecule has 7 nitrogen and oxygen atoms in total. The molecule has 0 aromatic heterocycles. The molecule has 1 aromatic rings. The molecule has 1 amide bonds. The van der Waals surface area contributed by atoms with Gasteiger partial charge in [0.15, 0.2) is 0 Å². The van der Waals surface area contributed by atoms with Crippen molar-refractivity contribution in [2.75, 3.05) is 62.4 Å². The summed E-state index contributed by atoms with van der Waals surface area (Å²) in [5.74, 6) is -0.490. The van der Waals surface area contributed by atoms with Crippen molar-refractivity contribution in [3.05, 3.63) is 23.8 Å². The van der Waals surface area contributed by atoms with E-state index in [2.05, 4.69) is 4.90 Å². The number of ether oxygens (including phenoxy) is 1. The molecular weight excluding hydrogens is 286 g/mol. The average molecular weight is 309 g/mol. The third kappa shape index (κ3) is 3.88. The molecule has 4 N–H and O–H groups in total. The summed E-state index contributed by atoms with van der Waals surface area (Å²) < 4.78 is 5.33. The summed E-state index contributed by atoms with van der Waals surface area (Å²) in [6, 6.07) is 5.46. The van der Waals surface area contributed by atoms with Gasteiger partial charge in [-0.25, -0.2) is 0 Å². The van der Waals surface area contributed by atoms with Crippen molar-refractivity contribution in [3.8, 4) is 0 Å². The molecular formula is C15H23N3O4. The van der Waals surface area contributed by atoms with Crippen molar-refractivity contribution in [3.63, 3.8) is 0 Å². The van der Waals surface area contributed by atoms with E-state index >= 15 is 0 Å². The molecule has 0 unspecified atom stereocenters. The second-order valence-corrected chi connectivity index (χ2v) is 5.10. The summed E-state index contributed by atoms with van der Waals surface area (Å²) in [4.78, 5) is 15.7. The molecule has 7 heteroatoms. The molecule has 1 aliphatic heterocycles. The van der Waals surface area contributed by atoms with Crippen LogP contribution in [0.2, 0.25) is 0 Å². The molecule has 2 rings (SSSR count). The first-order valence-electron chi connectivity index (χ1n) is 7.40. The van der Waals surface area contributed by atoms with Gasteiger partial charge in [-0.1, -0.05) is 0 Å². The van der Waals surface area contributed by atoms with E-state index in [9.17, 15) is 4.79 Å². The molecule has 1 aliphatic rings. The van der Waals surface area contributed by atoms with Crippen molar-refractivity contribution in [1.82, 2.24) is 0 Å². The zero-order valence-corrected chi connectivity index (χ0v) is 12.6. The molecule has 1 fully saturated rings. The van der Waals surface area contributed by atoms with Gasteiger partial charge in [0, 0.05) is 37.6 Å². The maximum absolute atomic E-state index is 11.8. The second-order valence-electron chi connectivity index (χ2n) is 5.10. The minimum atomic E-state index is -0.490. The van der Waals surface area contributed by atoms with Gasteiger partial charge >= 0.3 is 0 Å². The van der Waals surface area contributed by atoms with Crippen LogP contribution in [-0.4, -0.2) is 68.7 Å². The maximum atomic E-state index is 11.8. The number of aliphatic hydroxyl groups excluding tert-OH is 2. The van der Waals surface area contributed by atoms with Crippen LogP contribution >= 0.6 is 0 Å². The van der Waals surface area contributed by atoms with Crippen LogP contribution < -0.4 is 15.5 Å². The summed E-state index contributed by atoms with van der Waals surface area (Å²) >= 11 is 0. The third-order valence-corrected chi connectivity index (χ3v) is 3.70. The van der Waals surface area contributed by atoms with Crippen molar-refractivity contribution in [2.45, 2.75) is 0 Å². The van der Waals surface area contributed by atoms with Crippen molar-refractivity contribution >= 4 is 17.3 Å². The minimum Gasteiger partial charge on any atom is -0.395 e. The number of hydrogen-bond acceptors (Lipinski definition) is 6. The largest absolute Gasteiger partial charge is 0.395 e. The molecule has 0 radical (unpaired) electrons. The first-order chi connectivity index (χ1) is 10.7. The molecule has 1 aromatic carbocycles. The van der Waals surface area contributed by atoms with Crippen molar-refractivity contribution in [1.29, 1.82) is 0 Å². The monoisotopic (exact) mass is 309 g/mol. The van der Waals surface area contributed by atoms with Gasteiger partial charge in [0.2, 0.25) is 0 Å². The topological polar surface area (TPSA) is 99.3 Å². The van der Waals surface area contributed by atoms with E-state index in [1.165, 1.54) is 0 Å². The summed E-state index contributed by atoms with van der Waals surface area (Å²) in [5.41, 5.74) is 7.53. The lowest BCUT2D eigenvalue weighted by Crippen LogP contribution is -2.37. The van der Waals surface area contributed by atoms with Crippen LogP contribution in [0.1, 0.15) is 10.4 Å². The number of hydrogen-bond donors (Lipinski definition) is 3. The van der Waals surface area contributed by atoms with Crippen molar-refractivity contribution < 1.29 is 19.7 Å². The third-order valence-electron chi connectivity index (χ3n) is 3.70. The van der Waals surface area contributed by atoms with E-state index in [0.29, 0.717) is 31.9 Å². The van der Waals surface area contributed by atoms with Crippen LogP contribution in [0.5, 0.6) is 0 Å². The molecule has 122 valence electrons. The lowest BCUT2D eigenvalue weighted by Gasteiger charge is -2.31. The highest BCUT2D eigenvalue weighted by Crippen LogP contribution is 2.26. The van der Waals surface area contributed by atoms with Crippen LogP contribution in [0.25, 0.3) is 0 Å². The number of amides is 1. The number of rotatable bonds is 7. The van der Waals surface area contributed by atoms with Crippen LogP contribution in [-0.2, 0) is 4.74 Å². The van der Waals surface area contributed by atoms with E-state index in [-0.39, 0.29) is 13.2 Å². The molecule has 0 bridgehead atoms. The Morgan fingerprint density at radius 2 is 1.86 bits per heavy atom. The number of benzene rings is 1. The Hall–Kier alpha value is -1.83. The Kier molecular flexibility index (Phi) is 6.00. The highest BCUT2D eigenvalue weighted by atomic mass is 16.5. The van der Waals surface area contributed by atoms with Gasteiger partial charge in [-0.05, 0) is 18.2 Å². The summed E-state index contributed by atoms with van der Waals surface area (Å²) in [6.07, 6.45) is 0. The zero-order valence-electron chi connectivity index (χ0n) is 12.6. The van der Waals surface area contributed by atoms with Gasteiger partial charge in [0.05, 0.1) is 32.0 Å². The van der Waals surface area contributed by atoms with Gasteiger partial charge in [0.1, 0.15) is 0 Å². The van der Waals surface area contributed by atoms with Gasteiger partial charge in [-0.15, -0.1) is 0 Å². The number of nitrogens with two attached hydrogens (primary N) is 1. The average Bonchev–Trinajstić information content (AvgIpc) is 2.55. The summed E-state index contributed by atoms with van der Waals surface area (Å²) in [5, 5.41) is 18.2. The first-order valence-corrected chi connectivity index (χ1v) is 7.40. The molecule has 1 heterocycles. The first kappa shape index (κ1) is 16.5. The van der Waals surface area contributed by atoms with E-state index in [0.717, 1.165) is 24.5 Å². The summed E-state index contributed by atoms with van der Waals surface area (Å²) in [7, 11) is 0. The molecule has 1 saturated heterocycles. The lowest BCUT2D eigenvalue weighted by atomic mass is 10.1. The fourth-order valence-corrected chi connectivity index (χ4v) is 2.61. The van der Waals surface area contributed by atoms with E-state index < -0.39 is 5.91 Å². The van der Waals surface area contributed by atoms with Gasteiger partial charge in [-0.3, -0.25) is 4.79 Å². The Bertz CT molecular complexity index is 498. The van der Waals surface area contributed by atoms with Crippen LogP contribution in [0.15, 0.2) is 18.2 Å². The summed E-state index contributed by atoms with van der Waals surface area (Å²) in [6.45, 7) is 3.40. The van der Waals surface area contributed by atoms with E-state index in [1.807, 2.05) is 17.0 Å². The Morgan fingerprint density at radius 1 is 1.23 bits per heavy atom. The number of anilines is 2. The highest BCUT2D eigenvalue weighted by Gasteiger charge is 2.19. The number of primary amides is 1. The molecule has 22 heavy (non-hydrogen) atoms. The number of nitrogens with zero attached hydrogens (tertiary/aromatic N) is 2.